The van der Waals surface area contributed by atoms with E-state index in [-0.39, 0.29) is 32.7 Å². The Morgan fingerprint density at radius 1 is 1.50 bits per heavy atom. The maximum absolute atomic E-state index is 12.8. The normalized spacial score (nSPS) is 17.5. The molecule has 1 aliphatic heterocycles. The monoisotopic (exact) mass is 432 g/mol. The first-order valence-electron chi connectivity index (χ1n) is 7.91. The van der Waals surface area contributed by atoms with Crippen molar-refractivity contribution in [3.63, 3.8) is 0 Å². The topological polar surface area (TPSA) is 78.3 Å². The quantitative estimate of drug-likeness (QED) is 0.540. The minimum absolute atomic E-state index is 0.0184. The van der Waals surface area contributed by atoms with Crippen molar-refractivity contribution in [3.8, 4) is 0 Å². The molecule has 6 nitrogen and oxygen atoms in total. The third kappa shape index (κ3) is 5.73. The molecule has 0 saturated carbocycles. The molecule has 0 bridgehead atoms. The predicted molar refractivity (Wildman–Crippen MR) is 101 cm³/mol. The van der Waals surface area contributed by atoms with Gasteiger partial charge in [0.15, 0.2) is 0 Å². The number of pyridine rings is 1. The van der Waals surface area contributed by atoms with Crippen LogP contribution in [0.25, 0.3) is 0 Å². The fourth-order valence-corrected chi connectivity index (χ4v) is 2.90. The number of rotatable bonds is 4. The standard InChI is InChI=1S/C14H18B2BrF3N4O2/c15-13(16)6-24(1-2-26-7-13)12(25)10-3-9(23-5-14(18,19)20)8(4-22-10)11(17)21/h3-4,21H,1-2,5-7,15-16H2,(H,22,23). The molecule has 0 aliphatic carbocycles. The molecule has 0 radical (unpaired) electrons. The van der Waals surface area contributed by atoms with Crippen molar-refractivity contribution < 1.29 is 22.7 Å². The van der Waals surface area contributed by atoms with Crippen LogP contribution in [0.2, 0.25) is 5.21 Å². The van der Waals surface area contributed by atoms with Crippen LogP contribution in [0.4, 0.5) is 18.9 Å². The number of nitrogens with zero attached hydrogens (tertiary/aromatic N) is 2. The lowest BCUT2D eigenvalue weighted by Gasteiger charge is -2.28. The SMILES string of the molecule is BC1(B)COCCN(C(=O)c2cc(NCC(F)(F)F)c(C(=N)Br)cn2)C1. The molecule has 0 atom stereocenters. The largest absolute Gasteiger partial charge is 0.405 e. The molecule has 12 heteroatoms. The van der Waals surface area contributed by atoms with Crippen molar-refractivity contribution in [2.45, 2.75) is 11.4 Å². The lowest BCUT2D eigenvalue weighted by Crippen LogP contribution is -2.39. The molecule has 1 aromatic rings. The van der Waals surface area contributed by atoms with Crippen LogP contribution in [0.1, 0.15) is 16.1 Å². The average molecular weight is 433 g/mol. The summed E-state index contributed by atoms with van der Waals surface area (Å²) in [6.07, 6.45) is -3.21. The first-order chi connectivity index (χ1) is 12.0. The second-order valence-corrected chi connectivity index (χ2v) is 7.63. The summed E-state index contributed by atoms with van der Waals surface area (Å²) in [6, 6.07) is 1.25. The van der Waals surface area contributed by atoms with Crippen LogP contribution in [0, 0.1) is 5.41 Å². The fourth-order valence-electron chi connectivity index (χ4n) is 2.59. The van der Waals surface area contributed by atoms with E-state index in [1.54, 1.807) is 4.90 Å². The van der Waals surface area contributed by atoms with Gasteiger partial charge in [0.25, 0.3) is 5.91 Å². The number of hydrogen-bond acceptors (Lipinski definition) is 5. The molecule has 1 fully saturated rings. The van der Waals surface area contributed by atoms with Gasteiger partial charge in [-0.25, -0.2) is 0 Å². The van der Waals surface area contributed by atoms with E-state index in [0.717, 1.165) is 0 Å². The van der Waals surface area contributed by atoms with Crippen molar-refractivity contribution >= 4 is 47.8 Å². The van der Waals surface area contributed by atoms with Gasteiger partial charge in [0.05, 0.1) is 6.61 Å². The molecule has 2 heterocycles. The maximum Gasteiger partial charge on any atom is 0.405 e. The van der Waals surface area contributed by atoms with Crippen molar-refractivity contribution in [1.29, 1.82) is 5.41 Å². The van der Waals surface area contributed by atoms with Gasteiger partial charge in [0.2, 0.25) is 0 Å². The van der Waals surface area contributed by atoms with Crippen LogP contribution in [0.15, 0.2) is 12.3 Å². The lowest BCUT2D eigenvalue weighted by molar-refractivity contribution is -0.115. The van der Waals surface area contributed by atoms with E-state index in [2.05, 4.69) is 26.2 Å². The summed E-state index contributed by atoms with van der Waals surface area (Å²) in [5.74, 6) is -0.383. The average Bonchev–Trinajstić information content (AvgIpc) is 2.71. The zero-order chi connectivity index (χ0) is 19.5. The number of carbonyl (C=O) groups excluding carboxylic acids is 1. The smallest absolute Gasteiger partial charge is 0.380 e. The first-order valence-corrected chi connectivity index (χ1v) is 8.70. The molecule has 2 rings (SSSR count). The number of amides is 1. The molecule has 0 spiro atoms. The second kappa shape index (κ2) is 7.99. The summed E-state index contributed by atoms with van der Waals surface area (Å²) in [5.41, 5.74) is 0.183. The third-order valence-corrected chi connectivity index (χ3v) is 4.17. The number of aromatic nitrogens is 1. The van der Waals surface area contributed by atoms with Gasteiger partial charge >= 0.3 is 6.18 Å². The Hall–Kier alpha value is -1.55. The third-order valence-electron chi connectivity index (χ3n) is 3.74. The zero-order valence-corrected chi connectivity index (χ0v) is 16.0. The number of hydrogen-bond donors (Lipinski definition) is 2. The molecule has 0 unspecified atom stereocenters. The van der Waals surface area contributed by atoms with E-state index in [0.29, 0.717) is 26.3 Å². The molecule has 140 valence electrons. The van der Waals surface area contributed by atoms with Gasteiger partial charge in [-0.05, 0) is 27.2 Å². The Bertz CT molecular complexity index is 703. The summed E-state index contributed by atoms with van der Waals surface area (Å²) >= 11 is 2.93. The van der Waals surface area contributed by atoms with Crippen molar-refractivity contribution in [2.75, 3.05) is 38.2 Å². The Balaban J connectivity index is 2.28. The number of anilines is 1. The van der Waals surface area contributed by atoms with E-state index in [9.17, 15) is 18.0 Å². The van der Waals surface area contributed by atoms with Crippen LogP contribution >= 0.6 is 15.9 Å². The van der Waals surface area contributed by atoms with E-state index in [1.165, 1.54) is 12.3 Å². The Morgan fingerprint density at radius 3 is 2.81 bits per heavy atom. The number of halogens is 4. The van der Waals surface area contributed by atoms with Crippen LogP contribution < -0.4 is 5.32 Å². The Morgan fingerprint density at radius 2 is 2.19 bits per heavy atom. The molecule has 1 amide bonds. The molecule has 2 N–H and O–H groups in total. The molecule has 1 saturated heterocycles. The highest BCUT2D eigenvalue weighted by Gasteiger charge is 2.30. The molecule has 1 aromatic heterocycles. The summed E-state index contributed by atoms with van der Waals surface area (Å²) in [7, 11) is 3.94. The van der Waals surface area contributed by atoms with E-state index in [1.807, 2.05) is 15.7 Å². The zero-order valence-electron chi connectivity index (χ0n) is 14.4. The highest BCUT2D eigenvalue weighted by atomic mass is 79.9. The molecular formula is C14H18B2BrF3N4O2. The summed E-state index contributed by atoms with van der Waals surface area (Å²) < 4.78 is 42.9. The molecule has 1 aliphatic rings. The number of nitrogens with one attached hydrogen (secondary N) is 2. The van der Waals surface area contributed by atoms with Crippen molar-refractivity contribution in [2.24, 2.45) is 0 Å². The number of carbonyl (C=O) groups is 1. The molecular weight excluding hydrogens is 415 g/mol. The van der Waals surface area contributed by atoms with Crippen LogP contribution in [-0.4, -0.2) is 75.1 Å². The highest BCUT2D eigenvalue weighted by Crippen LogP contribution is 2.25. The van der Waals surface area contributed by atoms with Crippen LogP contribution in [0.5, 0.6) is 0 Å². The summed E-state index contributed by atoms with van der Waals surface area (Å²) in [5, 5.41) is 9.60. The van der Waals surface area contributed by atoms with Crippen LogP contribution in [-0.2, 0) is 4.74 Å². The molecule has 0 aromatic carbocycles. The summed E-state index contributed by atoms with van der Waals surface area (Å²) in [4.78, 5) is 18.4. The van der Waals surface area contributed by atoms with Gasteiger partial charge in [-0.3, -0.25) is 15.2 Å². The van der Waals surface area contributed by atoms with E-state index in [4.69, 9.17) is 10.1 Å². The van der Waals surface area contributed by atoms with Crippen molar-refractivity contribution in [3.05, 3.63) is 23.5 Å². The number of ether oxygens (including phenoxy) is 1. The van der Waals surface area contributed by atoms with Gasteiger partial charge in [0.1, 0.15) is 32.6 Å². The van der Waals surface area contributed by atoms with Gasteiger partial charge < -0.3 is 15.0 Å². The fraction of sp³-hybridized carbons (Fsp3) is 0.500. The predicted octanol–water partition coefficient (Wildman–Crippen LogP) is 0.631. The van der Waals surface area contributed by atoms with E-state index < -0.39 is 12.7 Å². The lowest BCUT2D eigenvalue weighted by atomic mass is 9.55. The minimum Gasteiger partial charge on any atom is -0.380 e. The minimum atomic E-state index is -4.43. The molecule has 26 heavy (non-hydrogen) atoms. The highest BCUT2D eigenvalue weighted by molar-refractivity contribution is 9.18. The number of alkyl halides is 3. The summed E-state index contributed by atoms with van der Waals surface area (Å²) in [6.45, 7) is 0.462. The van der Waals surface area contributed by atoms with Crippen molar-refractivity contribution in [1.82, 2.24) is 9.88 Å². The van der Waals surface area contributed by atoms with Gasteiger partial charge in [-0.1, -0.05) is 0 Å². The van der Waals surface area contributed by atoms with Gasteiger partial charge in [-0.2, -0.15) is 13.2 Å². The Kier molecular flexibility index (Phi) is 6.38. The first kappa shape index (κ1) is 20.8. The van der Waals surface area contributed by atoms with Gasteiger partial charge in [-0.15, -0.1) is 0 Å². The van der Waals surface area contributed by atoms with Crippen LogP contribution in [0.3, 0.4) is 0 Å². The van der Waals surface area contributed by atoms with E-state index >= 15 is 0 Å². The van der Waals surface area contributed by atoms with Gasteiger partial charge in [0, 0.05) is 37.1 Å². The second-order valence-electron chi connectivity index (χ2n) is 6.84. The maximum atomic E-state index is 12.8. The Labute approximate surface area is 159 Å².